The Morgan fingerprint density at radius 1 is 1.22 bits per heavy atom. The molecule has 0 atom stereocenters. The second-order valence-corrected chi connectivity index (χ2v) is 5.36. The number of hydrogen-bond acceptors (Lipinski definition) is 2. The third kappa shape index (κ3) is 3.49. The first-order chi connectivity index (χ1) is 8.81. The maximum Gasteiger partial charge on any atom is 0.0412 e. The molecule has 18 heavy (non-hydrogen) atoms. The van der Waals surface area contributed by atoms with E-state index in [1.165, 1.54) is 49.0 Å². The van der Waals surface area contributed by atoms with Crippen LogP contribution in [0.25, 0.3) is 0 Å². The molecule has 0 radical (unpaired) electrons. The van der Waals surface area contributed by atoms with Crippen molar-refractivity contribution in [3.05, 3.63) is 29.3 Å². The highest BCUT2D eigenvalue weighted by Gasteiger charge is 2.14. The van der Waals surface area contributed by atoms with E-state index >= 15 is 0 Å². The Balaban J connectivity index is 2.02. The first-order valence-electron chi connectivity index (χ1n) is 7.36. The highest BCUT2D eigenvalue weighted by molar-refractivity contribution is 5.55. The topological polar surface area (TPSA) is 15.3 Å². The number of benzene rings is 1. The van der Waals surface area contributed by atoms with Crippen molar-refractivity contribution in [2.24, 2.45) is 0 Å². The molecule has 0 spiro atoms. The number of rotatable bonds is 5. The largest absolute Gasteiger partial charge is 0.370 e. The van der Waals surface area contributed by atoms with Crippen molar-refractivity contribution in [1.29, 1.82) is 0 Å². The number of unbranched alkanes of at least 4 members (excludes halogenated alkanes) is 3. The Labute approximate surface area is 111 Å². The van der Waals surface area contributed by atoms with Crippen LogP contribution in [0.3, 0.4) is 0 Å². The molecule has 2 nitrogen and oxygen atoms in total. The summed E-state index contributed by atoms with van der Waals surface area (Å²) in [4.78, 5) is 2.56. The summed E-state index contributed by atoms with van der Waals surface area (Å²) in [5, 5.41) is 3.52. The van der Waals surface area contributed by atoms with Crippen molar-refractivity contribution >= 4 is 5.69 Å². The van der Waals surface area contributed by atoms with Gasteiger partial charge in [-0.1, -0.05) is 43.9 Å². The number of nitrogens with zero attached hydrogens (tertiary/aromatic N) is 1. The van der Waals surface area contributed by atoms with Crippen molar-refractivity contribution < 1.29 is 0 Å². The molecule has 1 aliphatic heterocycles. The molecule has 2 rings (SSSR count). The zero-order valence-electron chi connectivity index (χ0n) is 11.8. The summed E-state index contributed by atoms with van der Waals surface area (Å²) >= 11 is 0. The first-order valence-corrected chi connectivity index (χ1v) is 7.36. The second-order valence-electron chi connectivity index (χ2n) is 5.36. The van der Waals surface area contributed by atoms with Gasteiger partial charge in [-0.3, -0.25) is 0 Å². The molecular formula is C16H26N2. The quantitative estimate of drug-likeness (QED) is 0.800. The van der Waals surface area contributed by atoms with Gasteiger partial charge in [0.25, 0.3) is 0 Å². The fourth-order valence-corrected chi connectivity index (χ4v) is 2.68. The average Bonchev–Trinajstić information content (AvgIpc) is 2.56. The predicted molar refractivity (Wildman–Crippen MR) is 79.2 cm³/mol. The van der Waals surface area contributed by atoms with Crippen LogP contribution >= 0.6 is 0 Å². The summed E-state index contributed by atoms with van der Waals surface area (Å²) < 4.78 is 0. The summed E-state index contributed by atoms with van der Waals surface area (Å²) in [5.74, 6) is 0. The van der Waals surface area contributed by atoms with E-state index in [1.54, 1.807) is 0 Å². The van der Waals surface area contributed by atoms with Crippen LogP contribution in [0.4, 0.5) is 5.69 Å². The summed E-state index contributed by atoms with van der Waals surface area (Å²) in [5.41, 5.74) is 4.27. The monoisotopic (exact) mass is 246 g/mol. The van der Waals surface area contributed by atoms with E-state index in [0.29, 0.717) is 0 Å². The van der Waals surface area contributed by atoms with E-state index < -0.39 is 0 Å². The molecule has 1 aromatic carbocycles. The average molecular weight is 246 g/mol. The fourth-order valence-electron chi connectivity index (χ4n) is 2.68. The van der Waals surface area contributed by atoms with E-state index in [2.05, 4.69) is 42.3 Å². The van der Waals surface area contributed by atoms with Crippen LogP contribution in [0.2, 0.25) is 0 Å². The minimum Gasteiger partial charge on any atom is -0.370 e. The van der Waals surface area contributed by atoms with Gasteiger partial charge in [0.15, 0.2) is 0 Å². The molecule has 1 heterocycles. The molecule has 0 unspecified atom stereocenters. The molecule has 0 saturated heterocycles. The zero-order valence-corrected chi connectivity index (χ0v) is 11.8. The van der Waals surface area contributed by atoms with Crippen molar-refractivity contribution in [3.63, 3.8) is 0 Å². The molecule has 0 fully saturated rings. The smallest absolute Gasteiger partial charge is 0.0412 e. The normalized spacial score (nSPS) is 15.3. The highest BCUT2D eigenvalue weighted by Crippen LogP contribution is 2.24. The van der Waals surface area contributed by atoms with Crippen LogP contribution in [-0.2, 0) is 6.54 Å². The molecule has 0 bridgehead atoms. The SMILES string of the molecule is CCCCCCN1CCNCc2cc(C)ccc21. The second kappa shape index (κ2) is 6.79. The summed E-state index contributed by atoms with van der Waals surface area (Å²) in [6, 6.07) is 6.87. The summed E-state index contributed by atoms with van der Waals surface area (Å²) in [6.07, 6.45) is 5.37. The van der Waals surface area contributed by atoms with E-state index in [1.807, 2.05) is 0 Å². The summed E-state index contributed by atoms with van der Waals surface area (Å²) in [6.45, 7) is 8.91. The molecule has 0 saturated carbocycles. The lowest BCUT2D eigenvalue weighted by molar-refractivity contribution is 0.632. The van der Waals surface area contributed by atoms with Crippen molar-refractivity contribution in [1.82, 2.24) is 5.32 Å². The van der Waals surface area contributed by atoms with Gasteiger partial charge < -0.3 is 10.2 Å². The van der Waals surface area contributed by atoms with Gasteiger partial charge in [-0.15, -0.1) is 0 Å². The van der Waals surface area contributed by atoms with Gasteiger partial charge in [0.2, 0.25) is 0 Å². The number of aryl methyl sites for hydroxylation is 1. The third-order valence-electron chi connectivity index (χ3n) is 3.73. The molecule has 0 amide bonds. The van der Waals surface area contributed by atoms with Crippen molar-refractivity contribution in [2.45, 2.75) is 46.1 Å². The van der Waals surface area contributed by atoms with Gasteiger partial charge in [-0.05, 0) is 25.0 Å². The predicted octanol–water partition coefficient (Wildman–Crippen LogP) is 3.48. The maximum atomic E-state index is 3.52. The van der Waals surface area contributed by atoms with Gasteiger partial charge in [0.05, 0.1) is 0 Å². The zero-order chi connectivity index (χ0) is 12.8. The Morgan fingerprint density at radius 2 is 2.11 bits per heavy atom. The number of nitrogens with one attached hydrogen (secondary N) is 1. The lowest BCUT2D eigenvalue weighted by Gasteiger charge is -2.24. The van der Waals surface area contributed by atoms with Crippen LogP contribution in [0.15, 0.2) is 18.2 Å². The van der Waals surface area contributed by atoms with Crippen molar-refractivity contribution in [2.75, 3.05) is 24.5 Å². The van der Waals surface area contributed by atoms with Crippen molar-refractivity contribution in [3.8, 4) is 0 Å². The molecule has 100 valence electrons. The Kier molecular flexibility index (Phi) is 5.06. The minimum atomic E-state index is 1.02. The van der Waals surface area contributed by atoms with E-state index in [0.717, 1.165) is 19.6 Å². The van der Waals surface area contributed by atoms with E-state index in [4.69, 9.17) is 0 Å². The van der Waals surface area contributed by atoms with Gasteiger partial charge in [-0.2, -0.15) is 0 Å². The van der Waals surface area contributed by atoms with Crippen LogP contribution in [0.1, 0.15) is 43.7 Å². The Hall–Kier alpha value is -1.02. The molecule has 2 heteroatoms. The number of anilines is 1. The summed E-state index contributed by atoms with van der Waals surface area (Å²) in [7, 11) is 0. The van der Waals surface area contributed by atoms with Crippen LogP contribution in [-0.4, -0.2) is 19.6 Å². The molecular weight excluding hydrogens is 220 g/mol. The molecule has 0 aliphatic carbocycles. The molecule has 1 aliphatic rings. The highest BCUT2D eigenvalue weighted by atomic mass is 15.2. The lowest BCUT2D eigenvalue weighted by Crippen LogP contribution is -2.29. The van der Waals surface area contributed by atoms with E-state index in [9.17, 15) is 0 Å². The van der Waals surface area contributed by atoms with Crippen LogP contribution < -0.4 is 10.2 Å². The molecule has 1 N–H and O–H groups in total. The van der Waals surface area contributed by atoms with Gasteiger partial charge in [-0.25, -0.2) is 0 Å². The van der Waals surface area contributed by atoms with E-state index in [-0.39, 0.29) is 0 Å². The first kappa shape index (κ1) is 13.4. The van der Waals surface area contributed by atoms with Gasteiger partial charge in [0, 0.05) is 31.9 Å². The number of fused-ring (bicyclic) bond motifs is 1. The van der Waals surface area contributed by atoms with Gasteiger partial charge >= 0.3 is 0 Å². The minimum absolute atomic E-state index is 1.02. The molecule has 1 aromatic rings. The van der Waals surface area contributed by atoms with Crippen LogP contribution in [0, 0.1) is 6.92 Å². The van der Waals surface area contributed by atoms with Gasteiger partial charge in [0.1, 0.15) is 0 Å². The Morgan fingerprint density at radius 3 is 2.94 bits per heavy atom. The molecule has 0 aromatic heterocycles. The third-order valence-corrected chi connectivity index (χ3v) is 3.73. The maximum absolute atomic E-state index is 3.52. The Bertz CT molecular complexity index is 373. The lowest BCUT2D eigenvalue weighted by atomic mass is 10.1. The fraction of sp³-hybridized carbons (Fsp3) is 0.625. The number of hydrogen-bond donors (Lipinski definition) is 1. The van der Waals surface area contributed by atoms with Crippen LogP contribution in [0.5, 0.6) is 0 Å². The standard InChI is InChI=1S/C16H26N2/c1-3-4-5-6-10-18-11-9-17-13-15-12-14(2)7-8-16(15)18/h7-8,12,17H,3-6,9-11,13H2,1-2H3.